The number of anilines is 3. The molecule has 3 aromatic rings. The van der Waals surface area contributed by atoms with Crippen LogP contribution in [0.25, 0.3) is 0 Å². The highest BCUT2D eigenvalue weighted by Crippen LogP contribution is 2.29. The third-order valence-electron chi connectivity index (χ3n) is 4.13. The second kappa shape index (κ2) is 8.64. The van der Waals surface area contributed by atoms with Crippen LogP contribution in [-0.2, 0) is 17.4 Å². The van der Waals surface area contributed by atoms with Gasteiger partial charge in [0.1, 0.15) is 5.69 Å². The number of nitrogens with zero attached hydrogens (tertiary/aromatic N) is 1. The molecule has 0 aliphatic carbocycles. The molecule has 2 aromatic carbocycles. The first-order valence-corrected chi connectivity index (χ1v) is 8.80. The summed E-state index contributed by atoms with van der Waals surface area (Å²) in [5, 5.41) is 5.23. The normalized spacial score (nSPS) is 11.0. The van der Waals surface area contributed by atoms with E-state index in [-0.39, 0.29) is 12.1 Å². The smallest absolute Gasteiger partial charge is 0.397 e. The van der Waals surface area contributed by atoms with Crippen LogP contribution in [0.2, 0.25) is 0 Å². The van der Waals surface area contributed by atoms with Crippen molar-refractivity contribution in [3.05, 3.63) is 83.7 Å². The number of hydrogen-bond donors (Lipinski definition) is 3. The topological polar surface area (TPSA) is 97.1 Å². The Balaban J connectivity index is 1.58. The van der Waals surface area contributed by atoms with E-state index in [1.807, 2.05) is 0 Å². The number of nitrogens with two attached hydrogens (primary N) is 1. The fourth-order valence-corrected chi connectivity index (χ4v) is 2.60. The van der Waals surface area contributed by atoms with Crippen LogP contribution in [0.3, 0.4) is 0 Å². The molecular weight excluding hydrogens is 397 g/mol. The van der Waals surface area contributed by atoms with Crippen molar-refractivity contribution in [3.8, 4) is 0 Å². The van der Waals surface area contributed by atoms with Gasteiger partial charge in [-0.1, -0.05) is 24.3 Å². The van der Waals surface area contributed by atoms with Gasteiger partial charge in [0.05, 0.1) is 35.2 Å². The van der Waals surface area contributed by atoms with E-state index in [2.05, 4.69) is 15.6 Å². The van der Waals surface area contributed by atoms with Crippen LogP contribution in [0, 0.1) is 0 Å². The molecule has 0 aliphatic rings. The van der Waals surface area contributed by atoms with Crippen molar-refractivity contribution in [2.45, 2.75) is 12.6 Å². The van der Waals surface area contributed by atoms with Gasteiger partial charge in [-0.05, 0) is 42.0 Å². The van der Waals surface area contributed by atoms with Gasteiger partial charge in [0, 0.05) is 0 Å². The number of carbonyl (C=O) groups is 2. The number of benzene rings is 2. The number of rotatable bonds is 5. The zero-order valence-corrected chi connectivity index (χ0v) is 15.5. The van der Waals surface area contributed by atoms with Gasteiger partial charge in [0.15, 0.2) is 0 Å². The van der Waals surface area contributed by atoms with Crippen molar-refractivity contribution in [1.29, 1.82) is 0 Å². The average Bonchev–Trinajstić information content (AvgIpc) is 2.70. The first kappa shape index (κ1) is 20.8. The molecule has 4 N–H and O–H groups in total. The Morgan fingerprint density at radius 3 is 2.23 bits per heavy atom. The molecule has 3 rings (SSSR count). The summed E-state index contributed by atoms with van der Waals surface area (Å²) in [4.78, 5) is 28.4. The molecule has 6 nitrogen and oxygen atoms in total. The molecular formula is C21H17F3N4O2. The molecule has 0 spiro atoms. The van der Waals surface area contributed by atoms with E-state index in [1.54, 1.807) is 24.3 Å². The molecule has 0 atom stereocenters. The fourth-order valence-electron chi connectivity index (χ4n) is 2.60. The highest BCUT2D eigenvalue weighted by Gasteiger charge is 2.29. The number of aromatic nitrogens is 1. The van der Waals surface area contributed by atoms with E-state index in [0.717, 1.165) is 12.1 Å². The van der Waals surface area contributed by atoms with Crippen molar-refractivity contribution in [1.82, 2.24) is 4.98 Å². The van der Waals surface area contributed by atoms with Gasteiger partial charge in [-0.2, -0.15) is 13.2 Å². The molecule has 1 heterocycles. The number of halogens is 3. The van der Waals surface area contributed by atoms with Gasteiger partial charge in [0.2, 0.25) is 5.91 Å². The molecule has 0 bridgehead atoms. The summed E-state index contributed by atoms with van der Waals surface area (Å²) in [7, 11) is 0. The molecule has 2 amide bonds. The Labute approximate surface area is 169 Å². The van der Waals surface area contributed by atoms with Gasteiger partial charge >= 0.3 is 6.18 Å². The van der Waals surface area contributed by atoms with E-state index in [0.29, 0.717) is 22.6 Å². The van der Waals surface area contributed by atoms with Gasteiger partial charge < -0.3 is 16.4 Å². The SMILES string of the molecule is Nc1ccccc1NC(=O)c1ccc(NC(=O)Cc2ccc(C(F)(F)F)cc2)cn1. The maximum Gasteiger partial charge on any atom is 0.416 e. The summed E-state index contributed by atoms with van der Waals surface area (Å²) >= 11 is 0. The number of nitrogens with one attached hydrogen (secondary N) is 2. The predicted molar refractivity (Wildman–Crippen MR) is 107 cm³/mol. The molecule has 0 fully saturated rings. The van der Waals surface area contributed by atoms with E-state index in [1.165, 1.54) is 30.5 Å². The van der Waals surface area contributed by atoms with Gasteiger partial charge in [-0.3, -0.25) is 9.59 Å². The number of hydrogen-bond acceptors (Lipinski definition) is 4. The maximum atomic E-state index is 12.6. The minimum absolute atomic E-state index is 0.104. The number of amides is 2. The largest absolute Gasteiger partial charge is 0.416 e. The van der Waals surface area contributed by atoms with Crippen LogP contribution in [0.1, 0.15) is 21.6 Å². The van der Waals surface area contributed by atoms with E-state index < -0.39 is 23.6 Å². The third kappa shape index (κ3) is 5.34. The van der Waals surface area contributed by atoms with Crippen LogP contribution in [0.4, 0.5) is 30.2 Å². The number of carbonyl (C=O) groups excluding carboxylic acids is 2. The minimum Gasteiger partial charge on any atom is -0.397 e. The lowest BCUT2D eigenvalue weighted by Crippen LogP contribution is -2.17. The van der Waals surface area contributed by atoms with Gasteiger partial charge in [-0.25, -0.2) is 4.98 Å². The molecule has 154 valence electrons. The molecule has 0 saturated carbocycles. The second-order valence-electron chi connectivity index (χ2n) is 6.39. The Bertz CT molecular complexity index is 1050. The lowest BCUT2D eigenvalue weighted by molar-refractivity contribution is -0.137. The second-order valence-corrected chi connectivity index (χ2v) is 6.39. The van der Waals surface area contributed by atoms with Crippen LogP contribution in [0.5, 0.6) is 0 Å². The summed E-state index contributed by atoms with van der Waals surface area (Å²) in [5.74, 6) is -0.888. The zero-order valence-electron chi connectivity index (χ0n) is 15.5. The monoisotopic (exact) mass is 414 g/mol. The highest BCUT2D eigenvalue weighted by molar-refractivity contribution is 6.04. The molecule has 0 unspecified atom stereocenters. The summed E-state index contributed by atoms with van der Waals surface area (Å²) in [6, 6.07) is 14.1. The summed E-state index contributed by atoms with van der Waals surface area (Å²) in [6.45, 7) is 0. The van der Waals surface area contributed by atoms with Crippen molar-refractivity contribution in [3.63, 3.8) is 0 Å². The summed E-state index contributed by atoms with van der Waals surface area (Å²) in [5.41, 5.74) is 6.78. The highest BCUT2D eigenvalue weighted by atomic mass is 19.4. The lowest BCUT2D eigenvalue weighted by Gasteiger charge is -2.09. The van der Waals surface area contributed by atoms with Crippen LogP contribution >= 0.6 is 0 Å². The molecule has 0 aliphatic heterocycles. The van der Waals surface area contributed by atoms with Crippen molar-refractivity contribution in [2.24, 2.45) is 0 Å². The molecule has 1 aromatic heterocycles. The van der Waals surface area contributed by atoms with E-state index in [4.69, 9.17) is 5.73 Å². The zero-order chi connectivity index (χ0) is 21.7. The van der Waals surface area contributed by atoms with Crippen LogP contribution < -0.4 is 16.4 Å². The fraction of sp³-hybridized carbons (Fsp3) is 0.0952. The van der Waals surface area contributed by atoms with Crippen LogP contribution in [-0.4, -0.2) is 16.8 Å². The maximum absolute atomic E-state index is 12.6. The Hall–Kier alpha value is -3.88. The molecule has 0 radical (unpaired) electrons. The summed E-state index contributed by atoms with van der Waals surface area (Å²) < 4.78 is 37.7. The van der Waals surface area contributed by atoms with Crippen molar-refractivity contribution >= 4 is 28.9 Å². The molecule has 9 heteroatoms. The van der Waals surface area contributed by atoms with E-state index in [9.17, 15) is 22.8 Å². The molecule has 30 heavy (non-hydrogen) atoms. The molecule has 0 saturated heterocycles. The first-order chi connectivity index (χ1) is 14.2. The standard InChI is InChI=1S/C21H17F3N4O2/c22-21(23,24)14-7-5-13(6-8-14)11-19(29)27-15-9-10-18(26-12-15)20(30)28-17-4-2-1-3-16(17)25/h1-10,12H,11,25H2,(H,27,29)(H,28,30). The lowest BCUT2D eigenvalue weighted by atomic mass is 10.1. The van der Waals surface area contributed by atoms with E-state index >= 15 is 0 Å². The van der Waals surface area contributed by atoms with Crippen molar-refractivity contribution < 1.29 is 22.8 Å². The Morgan fingerprint density at radius 1 is 0.933 bits per heavy atom. The van der Waals surface area contributed by atoms with Gasteiger partial charge in [0.25, 0.3) is 5.91 Å². The number of nitrogen functional groups attached to an aromatic ring is 1. The average molecular weight is 414 g/mol. The minimum atomic E-state index is -4.42. The van der Waals surface area contributed by atoms with Gasteiger partial charge in [-0.15, -0.1) is 0 Å². The quantitative estimate of drug-likeness (QED) is 0.547. The summed E-state index contributed by atoms with van der Waals surface area (Å²) in [6.07, 6.45) is -3.21. The van der Waals surface area contributed by atoms with Crippen molar-refractivity contribution in [2.75, 3.05) is 16.4 Å². The Morgan fingerprint density at radius 2 is 1.63 bits per heavy atom. The first-order valence-electron chi connectivity index (χ1n) is 8.80. The number of para-hydroxylation sites is 2. The Kier molecular flexibility index (Phi) is 6.01. The number of pyridine rings is 1. The third-order valence-corrected chi connectivity index (χ3v) is 4.13. The number of alkyl halides is 3. The van der Waals surface area contributed by atoms with Crippen LogP contribution in [0.15, 0.2) is 66.9 Å². The predicted octanol–water partition coefficient (Wildman–Crippen LogP) is 4.12.